The van der Waals surface area contributed by atoms with Gasteiger partial charge in [-0.3, -0.25) is 9.69 Å². The molecule has 1 aliphatic rings. The zero-order valence-corrected chi connectivity index (χ0v) is 9.74. The Labute approximate surface area is 97.6 Å². The maximum Gasteiger partial charge on any atom is 0.234 e. The van der Waals surface area contributed by atoms with Crippen LogP contribution in [0.25, 0.3) is 0 Å². The zero-order valence-electron chi connectivity index (χ0n) is 9.74. The van der Waals surface area contributed by atoms with E-state index in [2.05, 4.69) is 16.1 Å². The van der Waals surface area contributed by atoms with Crippen molar-refractivity contribution in [3.05, 3.63) is 0 Å². The number of hydrogen-bond acceptors (Lipinski definition) is 3. The number of terminal acetylenes is 1. The Morgan fingerprint density at radius 1 is 1.56 bits per heavy atom. The molecule has 0 spiro atoms. The maximum absolute atomic E-state index is 11.5. The molecule has 3 N–H and O–H groups in total. The Balaban J connectivity index is 2.37. The molecular weight excluding hydrogens is 202 g/mol. The highest BCUT2D eigenvalue weighted by atomic mass is 16.2. The molecule has 1 aliphatic heterocycles. The summed E-state index contributed by atoms with van der Waals surface area (Å²) >= 11 is 0. The molecule has 1 atom stereocenters. The summed E-state index contributed by atoms with van der Waals surface area (Å²) in [5.74, 6) is 2.42. The highest BCUT2D eigenvalue weighted by molar-refractivity contribution is 5.78. The number of rotatable bonds is 5. The van der Waals surface area contributed by atoms with Gasteiger partial charge in [0, 0.05) is 6.04 Å². The summed E-state index contributed by atoms with van der Waals surface area (Å²) in [5, 5.41) is 2.69. The van der Waals surface area contributed by atoms with Gasteiger partial charge in [0.25, 0.3) is 0 Å². The normalized spacial score (nSPS) is 21.4. The largest absolute Gasteiger partial charge is 0.344 e. The zero-order chi connectivity index (χ0) is 11.8. The Hall–Kier alpha value is -1.05. The minimum absolute atomic E-state index is 0.0156. The number of amides is 1. The van der Waals surface area contributed by atoms with Crippen LogP contribution in [0.3, 0.4) is 0 Å². The van der Waals surface area contributed by atoms with Gasteiger partial charge in [-0.1, -0.05) is 12.3 Å². The molecule has 0 aromatic carbocycles. The molecule has 0 aromatic heterocycles. The highest BCUT2D eigenvalue weighted by Gasteiger charge is 2.23. The second-order valence-electron chi connectivity index (χ2n) is 4.18. The molecule has 4 nitrogen and oxygen atoms in total. The summed E-state index contributed by atoms with van der Waals surface area (Å²) in [5.41, 5.74) is 5.58. The first-order valence-electron chi connectivity index (χ1n) is 5.92. The lowest BCUT2D eigenvalue weighted by atomic mass is 9.99. The van der Waals surface area contributed by atoms with Gasteiger partial charge in [0.1, 0.15) is 0 Å². The van der Waals surface area contributed by atoms with Crippen LogP contribution in [0.15, 0.2) is 0 Å². The van der Waals surface area contributed by atoms with E-state index in [9.17, 15) is 4.79 Å². The lowest BCUT2D eigenvalue weighted by molar-refractivity contribution is -0.122. The van der Waals surface area contributed by atoms with Crippen molar-refractivity contribution in [3.63, 3.8) is 0 Å². The maximum atomic E-state index is 11.5. The quantitative estimate of drug-likeness (QED) is 0.642. The number of nitrogens with one attached hydrogen (secondary N) is 1. The van der Waals surface area contributed by atoms with Crippen LogP contribution in [0.1, 0.15) is 25.7 Å². The van der Waals surface area contributed by atoms with Crippen molar-refractivity contribution >= 4 is 5.91 Å². The fraction of sp³-hybridized carbons (Fsp3) is 0.750. The van der Waals surface area contributed by atoms with Crippen molar-refractivity contribution in [2.24, 2.45) is 5.73 Å². The number of likely N-dealkylation sites (tertiary alicyclic amines) is 1. The average Bonchev–Trinajstić information content (AvgIpc) is 2.29. The Bertz CT molecular complexity index is 257. The molecule has 90 valence electrons. The third kappa shape index (κ3) is 4.21. The lowest BCUT2D eigenvalue weighted by Crippen LogP contribution is -2.46. The topological polar surface area (TPSA) is 58.4 Å². The average molecular weight is 223 g/mol. The van der Waals surface area contributed by atoms with E-state index in [1.54, 1.807) is 0 Å². The molecule has 1 heterocycles. The summed E-state index contributed by atoms with van der Waals surface area (Å²) in [6, 6.07) is 0.468. The molecule has 0 aromatic rings. The predicted molar refractivity (Wildman–Crippen MR) is 64.7 cm³/mol. The molecule has 1 saturated heterocycles. The van der Waals surface area contributed by atoms with Gasteiger partial charge in [-0.2, -0.15) is 0 Å². The van der Waals surface area contributed by atoms with Gasteiger partial charge >= 0.3 is 0 Å². The van der Waals surface area contributed by atoms with Gasteiger partial charge in [0.15, 0.2) is 0 Å². The fourth-order valence-corrected chi connectivity index (χ4v) is 2.18. The Morgan fingerprint density at radius 3 is 3.06 bits per heavy atom. The number of nitrogens with two attached hydrogens (primary N) is 1. The summed E-state index contributed by atoms with van der Waals surface area (Å²) < 4.78 is 0. The summed E-state index contributed by atoms with van der Waals surface area (Å²) in [4.78, 5) is 13.8. The third-order valence-corrected chi connectivity index (χ3v) is 2.98. The Kier molecular flexibility index (Phi) is 5.91. The van der Waals surface area contributed by atoms with Crippen LogP contribution in [0.2, 0.25) is 0 Å². The van der Waals surface area contributed by atoms with Gasteiger partial charge in [-0.25, -0.2) is 0 Å². The molecule has 1 fully saturated rings. The minimum Gasteiger partial charge on any atom is -0.344 e. The first kappa shape index (κ1) is 13.0. The van der Waals surface area contributed by atoms with Gasteiger partial charge in [0.05, 0.1) is 13.1 Å². The van der Waals surface area contributed by atoms with Crippen LogP contribution in [-0.2, 0) is 4.79 Å². The number of hydrogen-bond donors (Lipinski definition) is 2. The Morgan fingerprint density at radius 2 is 2.38 bits per heavy atom. The van der Waals surface area contributed by atoms with E-state index in [0.717, 1.165) is 19.4 Å². The monoisotopic (exact) mass is 223 g/mol. The fourth-order valence-electron chi connectivity index (χ4n) is 2.18. The van der Waals surface area contributed by atoms with E-state index < -0.39 is 0 Å². The number of nitrogens with zero attached hydrogens (tertiary/aromatic N) is 1. The van der Waals surface area contributed by atoms with Crippen molar-refractivity contribution in [2.45, 2.75) is 31.7 Å². The van der Waals surface area contributed by atoms with E-state index in [1.807, 2.05) is 0 Å². The molecule has 0 saturated carbocycles. The van der Waals surface area contributed by atoms with E-state index in [0.29, 0.717) is 25.7 Å². The molecule has 1 amide bonds. The van der Waals surface area contributed by atoms with E-state index in [4.69, 9.17) is 12.2 Å². The van der Waals surface area contributed by atoms with Gasteiger partial charge in [0.2, 0.25) is 5.91 Å². The molecule has 1 rings (SSSR count). The highest BCUT2D eigenvalue weighted by Crippen LogP contribution is 2.18. The van der Waals surface area contributed by atoms with Crippen LogP contribution in [0, 0.1) is 12.3 Å². The van der Waals surface area contributed by atoms with E-state index >= 15 is 0 Å². The lowest BCUT2D eigenvalue weighted by Gasteiger charge is -2.34. The summed E-state index contributed by atoms with van der Waals surface area (Å²) in [7, 11) is 0. The molecular formula is C12H21N3O. The predicted octanol–water partition coefficient (Wildman–Crippen LogP) is -0.0609. The first-order chi connectivity index (χ1) is 7.77. The van der Waals surface area contributed by atoms with Crippen molar-refractivity contribution in [3.8, 4) is 12.3 Å². The van der Waals surface area contributed by atoms with Crippen molar-refractivity contribution in [1.29, 1.82) is 0 Å². The molecule has 0 aliphatic carbocycles. The van der Waals surface area contributed by atoms with E-state index in [1.165, 1.54) is 12.8 Å². The van der Waals surface area contributed by atoms with Crippen molar-refractivity contribution < 1.29 is 4.79 Å². The van der Waals surface area contributed by atoms with Crippen molar-refractivity contribution in [1.82, 2.24) is 10.2 Å². The number of carbonyl (C=O) groups excluding carboxylic acids is 1. The molecule has 4 heteroatoms. The third-order valence-electron chi connectivity index (χ3n) is 2.98. The molecule has 0 bridgehead atoms. The van der Waals surface area contributed by atoms with Crippen LogP contribution < -0.4 is 11.1 Å². The van der Waals surface area contributed by atoms with Crippen LogP contribution in [-0.4, -0.2) is 43.0 Å². The van der Waals surface area contributed by atoms with Gasteiger partial charge in [-0.05, 0) is 32.4 Å². The minimum atomic E-state index is 0.0156. The summed E-state index contributed by atoms with van der Waals surface area (Å²) in [6.45, 7) is 2.45. The van der Waals surface area contributed by atoms with Crippen LogP contribution in [0.4, 0.5) is 0 Å². The smallest absolute Gasteiger partial charge is 0.234 e. The molecule has 16 heavy (non-hydrogen) atoms. The van der Waals surface area contributed by atoms with Crippen LogP contribution in [0.5, 0.6) is 0 Å². The molecule has 1 unspecified atom stereocenters. The standard InChI is InChI=1S/C12H21N3O/c1-2-8-14-12(16)10-15-9-4-3-5-11(15)6-7-13/h1,11H,3-10,13H2,(H,14,16). The van der Waals surface area contributed by atoms with Crippen LogP contribution >= 0.6 is 0 Å². The number of carbonyl (C=O) groups is 1. The summed E-state index contributed by atoms with van der Waals surface area (Å²) in [6.07, 6.45) is 9.63. The van der Waals surface area contributed by atoms with Gasteiger partial charge < -0.3 is 11.1 Å². The second kappa shape index (κ2) is 7.26. The number of piperidine rings is 1. The molecule has 0 radical (unpaired) electrons. The SMILES string of the molecule is C#CCNC(=O)CN1CCCCC1CCN. The van der Waals surface area contributed by atoms with Gasteiger partial charge in [-0.15, -0.1) is 6.42 Å². The first-order valence-corrected chi connectivity index (χ1v) is 5.92. The second-order valence-corrected chi connectivity index (χ2v) is 4.18. The van der Waals surface area contributed by atoms with E-state index in [-0.39, 0.29) is 5.91 Å². The van der Waals surface area contributed by atoms with Crippen molar-refractivity contribution in [2.75, 3.05) is 26.2 Å².